The third-order valence-electron chi connectivity index (χ3n) is 2.28. The lowest BCUT2D eigenvalue weighted by Crippen LogP contribution is -2.50. The standard InChI is InChI=1S/C12H19NO2Si/c1-13-12(16(2,3)4)15-11(14)10-8-6-5-7-9-10/h5-9,12-13H,1-4H3. The zero-order chi connectivity index (χ0) is 12.2. The predicted molar refractivity (Wildman–Crippen MR) is 68.1 cm³/mol. The first kappa shape index (κ1) is 12.9. The number of hydrogen-bond donors (Lipinski definition) is 1. The predicted octanol–water partition coefficient (Wildman–Crippen LogP) is 2.27. The van der Waals surface area contributed by atoms with Crippen molar-refractivity contribution in [2.45, 2.75) is 25.5 Å². The molecule has 1 atom stereocenters. The molecule has 0 heterocycles. The molecule has 0 saturated carbocycles. The number of nitrogens with one attached hydrogen (secondary N) is 1. The van der Waals surface area contributed by atoms with Crippen LogP contribution in [0.3, 0.4) is 0 Å². The Balaban J connectivity index is 2.71. The Morgan fingerprint density at radius 2 is 1.81 bits per heavy atom. The van der Waals surface area contributed by atoms with Gasteiger partial charge in [-0.05, 0) is 19.2 Å². The van der Waals surface area contributed by atoms with E-state index in [0.717, 1.165) is 0 Å². The van der Waals surface area contributed by atoms with Crippen molar-refractivity contribution in [3.05, 3.63) is 35.9 Å². The Hall–Kier alpha value is -1.13. The summed E-state index contributed by atoms with van der Waals surface area (Å²) in [6, 6.07) is 9.07. The SMILES string of the molecule is CNC(OC(=O)c1ccccc1)[Si](C)(C)C. The topological polar surface area (TPSA) is 38.3 Å². The molecular formula is C12H19NO2Si. The molecule has 0 spiro atoms. The lowest BCUT2D eigenvalue weighted by atomic mass is 10.2. The van der Waals surface area contributed by atoms with Crippen LogP contribution in [0.25, 0.3) is 0 Å². The van der Waals surface area contributed by atoms with Crippen LogP contribution in [-0.2, 0) is 4.74 Å². The maximum atomic E-state index is 11.8. The van der Waals surface area contributed by atoms with Crippen LogP contribution in [0.1, 0.15) is 10.4 Å². The molecule has 0 aliphatic rings. The van der Waals surface area contributed by atoms with Gasteiger partial charge in [0, 0.05) is 0 Å². The number of esters is 1. The molecule has 0 aliphatic carbocycles. The van der Waals surface area contributed by atoms with E-state index >= 15 is 0 Å². The van der Waals surface area contributed by atoms with Crippen molar-refractivity contribution in [3.63, 3.8) is 0 Å². The summed E-state index contributed by atoms with van der Waals surface area (Å²) in [6.07, 6.45) is 0. The number of carbonyl (C=O) groups excluding carboxylic acids is 1. The highest BCUT2D eigenvalue weighted by Crippen LogP contribution is 2.11. The molecule has 3 nitrogen and oxygen atoms in total. The van der Waals surface area contributed by atoms with Crippen molar-refractivity contribution in [3.8, 4) is 0 Å². The molecule has 0 aliphatic heterocycles. The summed E-state index contributed by atoms with van der Waals surface area (Å²) in [4.78, 5) is 11.8. The smallest absolute Gasteiger partial charge is 0.339 e. The van der Waals surface area contributed by atoms with E-state index in [1.807, 2.05) is 25.2 Å². The van der Waals surface area contributed by atoms with Gasteiger partial charge in [-0.25, -0.2) is 4.79 Å². The second-order valence-electron chi connectivity index (χ2n) is 4.81. The lowest BCUT2D eigenvalue weighted by molar-refractivity contribution is 0.0389. The Bertz CT molecular complexity index is 346. The third kappa shape index (κ3) is 3.47. The van der Waals surface area contributed by atoms with Crippen molar-refractivity contribution in [2.75, 3.05) is 7.05 Å². The minimum Gasteiger partial charge on any atom is -0.447 e. The number of carbonyl (C=O) groups is 1. The van der Waals surface area contributed by atoms with Crippen LogP contribution in [0.4, 0.5) is 0 Å². The monoisotopic (exact) mass is 237 g/mol. The zero-order valence-corrected chi connectivity index (χ0v) is 11.3. The van der Waals surface area contributed by atoms with E-state index in [2.05, 4.69) is 25.0 Å². The van der Waals surface area contributed by atoms with E-state index in [1.165, 1.54) is 0 Å². The number of rotatable bonds is 4. The number of benzene rings is 1. The maximum Gasteiger partial charge on any atom is 0.339 e. The molecule has 0 aromatic heterocycles. The van der Waals surface area contributed by atoms with Gasteiger partial charge in [-0.3, -0.25) is 5.32 Å². The summed E-state index contributed by atoms with van der Waals surface area (Å²) in [5.74, 6) is -0.414. The summed E-state index contributed by atoms with van der Waals surface area (Å²) < 4.78 is 5.46. The Morgan fingerprint density at radius 1 is 1.25 bits per heavy atom. The molecule has 0 bridgehead atoms. The van der Waals surface area contributed by atoms with E-state index in [4.69, 9.17) is 4.74 Å². The molecule has 1 aromatic carbocycles. The van der Waals surface area contributed by atoms with Crippen LogP contribution in [0.15, 0.2) is 30.3 Å². The van der Waals surface area contributed by atoms with Gasteiger partial charge in [0.15, 0.2) is 0 Å². The normalized spacial score (nSPS) is 13.2. The van der Waals surface area contributed by atoms with E-state index in [-0.39, 0.29) is 11.8 Å². The fourth-order valence-corrected chi connectivity index (χ4v) is 2.74. The fourth-order valence-electron chi connectivity index (χ4n) is 1.42. The van der Waals surface area contributed by atoms with Crippen LogP contribution >= 0.6 is 0 Å². The quantitative estimate of drug-likeness (QED) is 0.496. The van der Waals surface area contributed by atoms with Gasteiger partial charge in [0.25, 0.3) is 0 Å². The minimum atomic E-state index is -1.54. The van der Waals surface area contributed by atoms with Crippen molar-refractivity contribution >= 4 is 14.0 Å². The highest BCUT2D eigenvalue weighted by molar-refractivity contribution is 6.77. The average Bonchev–Trinajstić information content (AvgIpc) is 2.25. The number of ether oxygens (including phenoxy) is 1. The largest absolute Gasteiger partial charge is 0.447 e. The van der Waals surface area contributed by atoms with Crippen LogP contribution in [0, 0.1) is 0 Å². The van der Waals surface area contributed by atoms with Crippen LogP contribution in [0.2, 0.25) is 19.6 Å². The zero-order valence-electron chi connectivity index (χ0n) is 10.3. The highest BCUT2D eigenvalue weighted by Gasteiger charge is 2.29. The molecule has 88 valence electrons. The molecule has 0 fully saturated rings. The maximum absolute atomic E-state index is 11.8. The van der Waals surface area contributed by atoms with Crippen molar-refractivity contribution < 1.29 is 9.53 Å². The second kappa shape index (κ2) is 5.27. The van der Waals surface area contributed by atoms with Gasteiger partial charge in [0.05, 0.1) is 5.56 Å². The summed E-state index contributed by atoms with van der Waals surface area (Å²) >= 11 is 0. The van der Waals surface area contributed by atoms with Crippen LogP contribution < -0.4 is 5.32 Å². The Morgan fingerprint density at radius 3 is 2.25 bits per heavy atom. The molecule has 1 aromatic rings. The Kier molecular flexibility index (Phi) is 4.26. The molecule has 1 unspecified atom stereocenters. The minimum absolute atomic E-state index is 0.153. The van der Waals surface area contributed by atoms with Crippen molar-refractivity contribution in [1.29, 1.82) is 0 Å². The van der Waals surface area contributed by atoms with Gasteiger partial charge >= 0.3 is 5.97 Å². The van der Waals surface area contributed by atoms with E-state index in [1.54, 1.807) is 12.1 Å². The number of hydrogen-bond acceptors (Lipinski definition) is 3. The van der Waals surface area contributed by atoms with Gasteiger partial charge in [-0.1, -0.05) is 37.8 Å². The molecule has 1 rings (SSSR count). The third-order valence-corrected chi connectivity index (χ3v) is 4.26. The fraction of sp³-hybridized carbons (Fsp3) is 0.417. The average molecular weight is 237 g/mol. The Labute approximate surface area is 97.8 Å². The van der Waals surface area contributed by atoms with E-state index < -0.39 is 8.07 Å². The first-order valence-corrected chi connectivity index (χ1v) is 8.96. The van der Waals surface area contributed by atoms with Gasteiger partial charge in [-0.15, -0.1) is 0 Å². The van der Waals surface area contributed by atoms with E-state index in [9.17, 15) is 4.79 Å². The molecule has 0 saturated heterocycles. The van der Waals surface area contributed by atoms with Crippen LogP contribution in [0.5, 0.6) is 0 Å². The molecule has 0 amide bonds. The highest BCUT2D eigenvalue weighted by atomic mass is 28.3. The second-order valence-corrected chi connectivity index (χ2v) is 10.1. The molecular weight excluding hydrogens is 218 g/mol. The molecule has 16 heavy (non-hydrogen) atoms. The van der Waals surface area contributed by atoms with E-state index in [0.29, 0.717) is 5.56 Å². The summed E-state index contributed by atoms with van der Waals surface area (Å²) in [7, 11) is 0.284. The van der Waals surface area contributed by atoms with Crippen molar-refractivity contribution in [1.82, 2.24) is 5.32 Å². The lowest BCUT2D eigenvalue weighted by Gasteiger charge is -2.27. The first-order valence-electron chi connectivity index (χ1n) is 5.38. The summed E-state index contributed by atoms with van der Waals surface area (Å²) in [5.41, 5.74) is 0.598. The van der Waals surface area contributed by atoms with Crippen LogP contribution in [-0.4, -0.2) is 26.9 Å². The molecule has 4 heteroatoms. The van der Waals surface area contributed by atoms with Gasteiger partial charge in [0.1, 0.15) is 13.9 Å². The summed E-state index contributed by atoms with van der Waals surface area (Å²) in [5, 5.41) is 3.06. The van der Waals surface area contributed by atoms with Gasteiger partial charge in [0.2, 0.25) is 0 Å². The first-order chi connectivity index (χ1) is 7.45. The molecule has 0 radical (unpaired) electrons. The van der Waals surface area contributed by atoms with Gasteiger partial charge in [-0.2, -0.15) is 0 Å². The molecule has 1 N–H and O–H groups in total. The summed E-state index contributed by atoms with van der Waals surface area (Å²) in [6.45, 7) is 6.48. The van der Waals surface area contributed by atoms with Gasteiger partial charge < -0.3 is 4.74 Å². The van der Waals surface area contributed by atoms with Crippen molar-refractivity contribution in [2.24, 2.45) is 0 Å².